The van der Waals surface area contributed by atoms with Crippen LogP contribution in [0.2, 0.25) is 5.02 Å². The highest BCUT2D eigenvalue weighted by molar-refractivity contribution is 9.09. The predicted octanol–water partition coefficient (Wildman–Crippen LogP) is 5.61. The minimum absolute atomic E-state index is 0.369. The van der Waals surface area contributed by atoms with Gasteiger partial charge in [-0.3, -0.25) is 5.32 Å². The summed E-state index contributed by atoms with van der Waals surface area (Å²) < 4.78 is 10.8. The van der Waals surface area contributed by atoms with Gasteiger partial charge in [0, 0.05) is 34.9 Å². The molecule has 0 bridgehead atoms. The number of H-pyrrole nitrogens is 1. The van der Waals surface area contributed by atoms with Gasteiger partial charge in [0.1, 0.15) is 11.2 Å². The number of halogens is 2. The summed E-state index contributed by atoms with van der Waals surface area (Å²) in [7, 11) is 0. The van der Waals surface area contributed by atoms with Crippen molar-refractivity contribution in [1.82, 2.24) is 10.3 Å². The molecule has 0 aliphatic rings. The molecule has 2 amide bonds. The Kier molecular flexibility index (Phi) is 7.45. The average Bonchev–Trinajstić information content (AvgIpc) is 2.87. The average molecular weight is 489 g/mol. The van der Waals surface area contributed by atoms with Crippen molar-refractivity contribution in [3.8, 4) is 0 Å². The molecule has 0 radical (unpaired) electrons. The molecule has 1 aromatic carbocycles. The maximum Gasteiger partial charge on any atom is 0.412 e. The van der Waals surface area contributed by atoms with E-state index in [0.717, 1.165) is 5.52 Å². The summed E-state index contributed by atoms with van der Waals surface area (Å²) in [6, 6.07) is 5.42. The molecule has 160 valence electrons. The molecule has 0 aliphatic carbocycles. The summed E-state index contributed by atoms with van der Waals surface area (Å²) >= 11 is 9.87. The molecule has 0 unspecified atom stereocenters. The van der Waals surface area contributed by atoms with E-state index in [-0.39, 0.29) is 0 Å². The van der Waals surface area contributed by atoms with E-state index in [1.54, 1.807) is 32.9 Å². The number of aromatic amines is 1. The van der Waals surface area contributed by atoms with Crippen LogP contribution in [0.1, 0.15) is 40.3 Å². The fourth-order valence-corrected chi connectivity index (χ4v) is 3.31. The fraction of sp³-hybridized carbons (Fsp3) is 0.500. The first-order valence-electron chi connectivity index (χ1n) is 9.24. The van der Waals surface area contributed by atoms with Crippen molar-refractivity contribution in [3.05, 3.63) is 28.9 Å². The molecule has 1 heterocycles. The lowest BCUT2D eigenvalue weighted by Gasteiger charge is -2.25. The molecule has 0 atom stereocenters. The number of hydrogen-bond acceptors (Lipinski definition) is 4. The smallest absolute Gasteiger partial charge is 0.412 e. The summed E-state index contributed by atoms with van der Waals surface area (Å²) in [6.45, 7) is 9.48. The molecule has 9 heteroatoms. The van der Waals surface area contributed by atoms with Crippen LogP contribution >= 0.6 is 27.5 Å². The lowest BCUT2D eigenvalue weighted by Crippen LogP contribution is -2.37. The van der Waals surface area contributed by atoms with E-state index in [9.17, 15) is 9.59 Å². The number of hydrogen-bond donors (Lipinski definition) is 3. The lowest BCUT2D eigenvalue weighted by atomic mass is 10.0. The third-order valence-corrected chi connectivity index (χ3v) is 4.62. The molecule has 1 aromatic heterocycles. The van der Waals surface area contributed by atoms with E-state index in [1.807, 2.05) is 19.9 Å². The first kappa shape index (κ1) is 23.3. The Balaban J connectivity index is 2.23. The highest BCUT2D eigenvalue weighted by Gasteiger charge is 2.27. The molecule has 3 N–H and O–H groups in total. The van der Waals surface area contributed by atoms with E-state index in [2.05, 4.69) is 31.5 Å². The Morgan fingerprint density at radius 3 is 2.45 bits per heavy atom. The monoisotopic (exact) mass is 487 g/mol. The Bertz CT molecular complexity index is 890. The van der Waals surface area contributed by atoms with Crippen molar-refractivity contribution >= 4 is 56.3 Å². The van der Waals surface area contributed by atoms with Crippen LogP contribution in [0.25, 0.3) is 10.9 Å². The van der Waals surface area contributed by atoms with Gasteiger partial charge in [-0.25, -0.2) is 9.59 Å². The van der Waals surface area contributed by atoms with Crippen LogP contribution in [0.5, 0.6) is 0 Å². The molecule has 2 aromatic rings. The Morgan fingerprint density at radius 1 is 1.14 bits per heavy atom. The van der Waals surface area contributed by atoms with Crippen molar-refractivity contribution in [2.24, 2.45) is 0 Å². The van der Waals surface area contributed by atoms with Crippen LogP contribution in [-0.4, -0.2) is 40.2 Å². The molecule has 0 aliphatic heterocycles. The Labute approximate surface area is 184 Å². The number of amides is 2. The normalized spacial score (nSPS) is 12.0. The summed E-state index contributed by atoms with van der Waals surface area (Å²) in [5.41, 5.74) is 0.608. The van der Waals surface area contributed by atoms with E-state index in [4.69, 9.17) is 21.1 Å². The van der Waals surface area contributed by atoms with Gasteiger partial charge in [0.25, 0.3) is 0 Å². The minimum Gasteiger partial charge on any atom is -0.444 e. The molecule has 0 saturated carbocycles. The zero-order chi connectivity index (χ0) is 21.8. The number of aromatic nitrogens is 1. The van der Waals surface area contributed by atoms with Gasteiger partial charge in [0.2, 0.25) is 0 Å². The number of fused-ring (bicyclic) bond motifs is 1. The maximum atomic E-state index is 12.2. The lowest BCUT2D eigenvalue weighted by molar-refractivity contribution is 0.0391. The van der Waals surface area contributed by atoms with Gasteiger partial charge in [-0.15, -0.1) is 0 Å². The number of rotatable bonds is 6. The molecule has 2 rings (SSSR count). The molecular formula is C20H27BrClN3O4. The van der Waals surface area contributed by atoms with Crippen molar-refractivity contribution in [3.63, 3.8) is 0 Å². The third-order valence-electron chi connectivity index (χ3n) is 3.81. The third kappa shape index (κ3) is 6.82. The van der Waals surface area contributed by atoms with E-state index in [1.165, 1.54) is 0 Å². The van der Waals surface area contributed by atoms with Crippen molar-refractivity contribution in [2.45, 2.75) is 52.2 Å². The topological polar surface area (TPSA) is 92.4 Å². The number of alkyl halides is 1. The van der Waals surface area contributed by atoms with Crippen molar-refractivity contribution in [1.29, 1.82) is 0 Å². The second kappa shape index (κ2) is 9.26. The second-order valence-electron chi connectivity index (χ2n) is 8.21. The van der Waals surface area contributed by atoms with Gasteiger partial charge in [0.05, 0.1) is 10.7 Å². The zero-order valence-corrected chi connectivity index (χ0v) is 19.6. The second-order valence-corrected chi connectivity index (χ2v) is 9.39. The van der Waals surface area contributed by atoms with E-state index >= 15 is 0 Å². The van der Waals surface area contributed by atoms with Gasteiger partial charge < -0.3 is 19.8 Å². The van der Waals surface area contributed by atoms with Gasteiger partial charge >= 0.3 is 12.2 Å². The van der Waals surface area contributed by atoms with Gasteiger partial charge in [-0.1, -0.05) is 33.6 Å². The predicted molar refractivity (Wildman–Crippen MR) is 119 cm³/mol. The Hall–Kier alpha value is -1.93. The highest BCUT2D eigenvalue weighted by Crippen LogP contribution is 2.35. The highest BCUT2D eigenvalue weighted by atomic mass is 79.9. The number of alkyl carbamates (subject to hydrolysis) is 1. The minimum atomic E-state index is -0.792. The van der Waals surface area contributed by atoms with Gasteiger partial charge in [-0.2, -0.15) is 0 Å². The molecular weight excluding hydrogens is 462 g/mol. The molecule has 0 spiro atoms. The summed E-state index contributed by atoms with van der Waals surface area (Å²) in [5, 5.41) is 7.18. The first-order chi connectivity index (χ1) is 13.4. The number of nitrogens with one attached hydrogen (secondary N) is 3. The SMILES string of the molecule is CC(C)(C)OC(=O)Nc1cccc2[nH]c(CC(C)(C)OC(=O)NCCBr)c(Cl)c12. The van der Waals surface area contributed by atoms with E-state index < -0.39 is 23.4 Å². The number of carbonyl (C=O) groups excluding carboxylic acids is 2. The number of ether oxygens (including phenoxy) is 2. The quantitative estimate of drug-likeness (QED) is 0.461. The van der Waals surface area contributed by atoms with Crippen molar-refractivity contribution in [2.75, 3.05) is 17.2 Å². The molecule has 0 saturated heterocycles. The van der Waals surface area contributed by atoms with Gasteiger partial charge in [0.15, 0.2) is 0 Å². The fourth-order valence-electron chi connectivity index (χ4n) is 2.80. The Morgan fingerprint density at radius 2 is 1.83 bits per heavy atom. The molecule has 29 heavy (non-hydrogen) atoms. The number of carbonyl (C=O) groups is 2. The standard InChI is InChI=1S/C20H27BrClN3O4/c1-19(2,3)28-18(27)25-13-8-6-7-12-15(13)16(22)14(24-12)11-20(4,5)29-17(26)23-10-9-21/h6-8,24H,9-11H2,1-5H3,(H,23,26)(H,25,27). The van der Waals surface area contributed by atoms with Crippen LogP contribution in [-0.2, 0) is 15.9 Å². The number of benzene rings is 1. The summed E-state index contributed by atoms with van der Waals surface area (Å²) in [6.07, 6.45) is -0.682. The first-order valence-corrected chi connectivity index (χ1v) is 10.7. The maximum absolute atomic E-state index is 12.2. The molecule has 7 nitrogen and oxygen atoms in total. The van der Waals surface area contributed by atoms with Crippen LogP contribution in [0, 0.1) is 0 Å². The number of anilines is 1. The molecule has 0 fully saturated rings. The van der Waals surface area contributed by atoms with Gasteiger partial charge in [-0.05, 0) is 46.8 Å². The largest absolute Gasteiger partial charge is 0.444 e. The summed E-state index contributed by atoms with van der Waals surface area (Å²) in [5.74, 6) is 0. The van der Waals surface area contributed by atoms with Crippen molar-refractivity contribution < 1.29 is 19.1 Å². The summed E-state index contributed by atoms with van der Waals surface area (Å²) in [4.78, 5) is 27.3. The van der Waals surface area contributed by atoms with Crippen LogP contribution in [0.3, 0.4) is 0 Å². The zero-order valence-electron chi connectivity index (χ0n) is 17.2. The van der Waals surface area contributed by atoms with Crippen LogP contribution < -0.4 is 10.6 Å². The van der Waals surface area contributed by atoms with Crippen LogP contribution in [0.15, 0.2) is 18.2 Å². The van der Waals surface area contributed by atoms with E-state index in [0.29, 0.717) is 40.1 Å². The van der Waals surface area contributed by atoms with Crippen LogP contribution in [0.4, 0.5) is 15.3 Å².